The van der Waals surface area contributed by atoms with Crippen molar-refractivity contribution >= 4 is 21.9 Å². The van der Waals surface area contributed by atoms with Crippen molar-refractivity contribution in [3.8, 4) is 0 Å². The minimum atomic E-state index is -3.36. The SMILES string of the molecule is CC(C)C(=O)NCCS(=O)(=O)N1CCN(c2ncccn2)CC1. The normalized spacial score (nSPS) is 16.6. The van der Waals surface area contributed by atoms with Crippen molar-refractivity contribution in [3.05, 3.63) is 18.5 Å². The Morgan fingerprint density at radius 1 is 1.22 bits per heavy atom. The van der Waals surface area contributed by atoms with Crippen LogP contribution in [0.2, 0.25) is 0 Å². The molecule has 0 bridgehead atoms. The van der Waals surface area contributed by atoms with Crippen molar-refractivity contribution in [3.63, 3.8) is 0 Å². The largest absolute Gasteiger partial charge is 0.355 e. The van der Waals surface area contributed by atoms with Crippen LogP contribution in [0.15, 0.2) is 18.5 Å². The van der Waals surface area contributed by atoms with Gasteiger partial charge in [-0.05, 0) is 6.07 Å². The zero-order chi connectivity index (χ0) is 16.9. The van der Waals surface area contributed by atoms with Gasteiger partial charge in [-0.1, -0.05) is 13.8 Å². The molecule has 23 heavy (non-hydrogen) atoms. The van der Waals surface area contributed by atoms with Crippen molar-refractivity contribution < 1.29 is 13.2 Å². The van der Waals surface area contributed by atoms with Gasteiger partial charge in [0.25, 0.3) is 0 Å². The number of nitrogens with zero attached hydrogens (tertiary/aromatic N) is 4. The van der Waals surface area contributed by atoms with Crippen molar-refractivity contribution in [1.29, 1.82) is 0 Å². The number of hydrogen-bond donors (Lipinski definition) is 1. The second-order valence-corrected chi connectivity index (χ2v) is 7.79. The molecule has 1 saturated heterocycles. The molecule has 2 rings (SSSR count). The van der Waals surface area contributed by atoms with E-state index in [4.69, 9.17) is 0 Å². The molecule has 1 aromatic rings. The number of sulfonamides is 1. The molecule has 1 amide bonds. The molecule has 0 saturated carbocycles. The van der Waals surface area contributed by atoms with Gasteiger partial charge in [-0.2, -0.15) is 4.31 Å². The molecule has 1 aromatic heterocycles. The molecule has 1 fully saturated rings. The highest BCUT2D eigenvalue weighted by Gasteiger charge is 2.27. The smallest absolute Gasteiger partial charge is 0.225 e. The second-order valence-electron chi connectivity index (χ2n) is 5.70. The van der Waals surface area contributed by atoms with E-state index in [-0.39, 0.29) is 24.1 Å². The Labute approximate surface area is 137 Å². The van der Waals surface area contributed by atoms with Crippen LogP contribution in [0.4, 0.5) is 5.95 Å². The van der Waals surface area contributed by atoms with Crippen LogP contribution >= 0.6 is 0 Å². The number of carbonyl (C=O) groups excluding carboxylic acids is 1. The summed E-state index contributed by atoms with van der Waals surface area (Å²) in [4.78, 5) is 21.8. The van der Waals surface area contributed by atoms with E-state index in [1.165, 1.54) is 4.31 Å². The average Bonchev–Trinajstić information content (AvgIpc) is 2.55. The van der Waals surface area contributed by atoms with E-state index in [1.54, 1.807) is 32.3 Å². The Morgan fingerprint density at radius 3 is 2.39 bits per heavy atom. The molecule has 1 aliphatic heterocycles. The molecule has 0 aliphatic carbocycles. The Bertz CT molecular complexity index is 613. The van der Waals surface area contributed by atoms with Gasteiger partial charge in [0.2, 0.25) is 21.9 Å². The summed E-state index contributed by atoms with van der Waals surface area (Å²) < 4.78 is 26.1. The third-order valence-electron chi connectivity index (χ3n) is 3.65. The summed E-state index contributed by atoms with van der Waals surface area (Å²) in [5.41, 5.74) is 0. The van der Waals surface area contributed by atoms with Crippen molar-refractivity contribution in [2.45, 2.75) is 13.8 Å². The van der Waals surface area contributed by atoms with Gasteiger partial charge < -0.3 is 10.2 Å². The average molecular weight is 341 g/mol. The predicted molar refractivity (Wildman–Crippen MR) is 87.5 cm³/mol. The highest BCUT2D eigenvalue weighted by atomic mass is 32.2. The summed E-state index contributed by atoms with van der Waals surface area (Å²) in [5.74, 6) is 0.264. The molecule has 1 aliphatic rings. The molecule has 0 spiro atoms. The lowest BCUT2D eigenvalue weighted by Crippen LogP contribution is -2.50. The van der Waals surface area contributed by atoms with E-state index in [0.717, 1.165) is 0 Å². The zero-order valence-corrected chi connectivity index (χ0v) is 14.3. The van der Waals surface area contributed by atoms with Crippen molar-refractivity contribution in [2.75, 3.05) is 43.4 Å². The minimum absolute atomic E-state index is 0.0761. The monoisotopic (exact) mass is 341 g/mol. The van der Waals surface area contributed by atoms with Crippen LogP contribution in [0.5, 0.6) is 0 Å². The van der Waals surface area contributed by atoms with Crippen LogP contribution in [0.3, 0.4) is 0 Å². The van der Waals surface area contributed by atoms with Crippen LogP contribution in [0, 0.1) is 5.92 Å². The summed E-state index contributed by atoms with van der Waals surface area (Å²) in [6.07, 6.45) is 3.34. The number of nitrogens with one attached hydrogen (secondary N) is 1. The van der Waals surface area contributed by atoms with Crippen LogP contribution < -0.4 is 10.2 Å². The van der Waals surface area contributed by atoms with E-state index >= 15 is 0 Å². The first-order chi connectivity index (χ1) is 10.9. The number of hydrogen-bond acceptors (Lipinski definition) is 6. The molecule has 2 heterocycles. The van der Waals surface area contributed by atoms with Gasteiger partial charge in [0.1, 0.15) is 0 Å². The van der Waals surface area contributed by atoms with Gasteiger partial charge in [-0.15, -0.1) is 0 Å². The fourth-order valence-corrected chi connectivity index (χ4v) is 3.60. The van der Waals surface area contributed by atoms with E-state index in [1.807, 2.05) is 4.90 Å². The Balaban J connectivity index is 1.82. The summed E-state index contributed by atoms with van der Waals surface area (Å²) in [6.45, 7) is 5.60. The van der Waals surface area contributed by atoms with Crippen molar-refractivity contribution in [2.24, 2.45) is 5.92 Å². The highest BCUT2D eigenvalue weighted by molar-refractivity contribution is 7.89. The van der Waals surface area contributed by atoms with E-state index in [0.29, 0.717) is 32.1 Å². The van der Waals surface area contributed by atoms with Crippen molar-refractivity contribution in [1.82, 2.24) is 19.6 Å². The molecule has 1 N–H and O–H groups in total. The summed E-state index contributed by atoms with van der Waals surface area (Å²) >= 11 is 0. The number of rotatable bonds is 6. The zero-order valence-electron chi connectivity index (χ0n) is 13.5. The predicted octanol–water partition coefficient (Wildman–Crippen LogP) is -0.299. The lowest BCUT2D eigenvalue weighted by molar-refractivity contribution is -0.123. The summed E-state index contributed by atoms with van der Waals surface area (Å²) in [6, 6.07) is 1.75. The van der Waals surface area contributed by atoms with E-state index in [2.05, 4.69) is 15.3 Å². The Kier molecular flexibility index (Phi) is 5.89. The maximum atomic E-state index is 12.3. The molecular formula is C14H23N5O3S. The standard InChI is InChI=1S/C14H23N5O3S/c1-12(2)13(20)15-6-11-23(21,22)19-9-7-18(8-10-19)14-16-4-3-5-17-14/h3-5,12H,6-11H2,1-2H3,(H,15,20). The lowest BCUT2D eigenvalue weighted by Gasteiger charge is -2.33. The molecule has 8 nitrogen and oxygen atoms in total. The molecule has 128 valence electrons. The van der Waals surface area contributed by atoms with E-state index in [9.17, 15) is 13.2 Å². The third kappa shape index (κ3) is 4.87. The number of anilines is 1. The van der Waals surface area contributed by atoms with E-state index < -0.39 is 10.0 Å². The van der Waals surface area contributed by atoms with Gasteiger partial charge in [0.05, 0.1) is 5.75 Å². The second kappa shape index (κ2) is 7.69. The first kappa shape index (κ1) is 17.6. The lowest BCUT2D eigenvalue weighted by atomic mass is 10.2. The van der Waals surface area contributed by atoms with Gasteiger partial charge in [-0.25, -0.2) is 18.4 Å². The molecule has 0 aromatic carbocycles. The fraction of sp³-hybridized carbons (Fsp3) is 0.643. The van der Waals surface area contributed by atoms with Gasteiger partial charge >= 0.3 is 0 Å². The summed E-state index contributed by atoms with van der Waals surface area (Å²) in [5, 5.41) is 2.64. The van der Waals surface area contributed by atoms with Crippen LogP contribution in [0.1, 0.15) is 13.8 Å². The minimum Gasteiger partial charge on any atom is -0.355 e. The number of amides is 1. The fourth-order valence-electron chi connectivity index (χ4n) is 2.26. The molecule has 0 atom stereocenters. The molecular weight excluding hydrogens is 318 g/mol. The van der Waals surface area contributed by atoms with Crippen LogP contribution in [-0.4, -0.2) is 67.1 Å². The van der Waals surface area contributed by atoms with Gasteiger partial charge in [0.15, 0.2) is 0 Å². The molecule has 0 unspecified atom stereocenters. The van der Waals surface area contributed by atoms with Crippen LogP contribution in [-0.2, 0) is 14.8 Å². The quantitative estimate of drug-likeness (QED) is 0.763. The molecule has 0 radical (unpaired) electrons. The maximum absolute atomic E-state index is 12.3. The number of carbonyl (C=O) groups is 1. The van der Waals surface area contributed by atoms with Gasteiger partial charge in [0, 0.05) is 51.0 Å². The van der Waals surface area contributed by atoms with Gasteiger partial charge in [-0.3, -0.25) is 4.79 Å². The number of piperazine rings is 1. The summed E-state index contributed by atoms with van der Waals surface area (Å²) in [7, 11) is -3.36. The first-order valence-corrected chi connectivity index (χ1v) is 9.28. The first-order valence-electron chi connectivity index (χ1n) is 7.67. The highest BCUT2D eigenvalue weighted by Crippen LogP contribution is 2.12. The molecule has 9 heteroatoms. The Hall–Kier alpha value is -1.74. The Morgan fingerprint density at radius 2 is 1.83 bits per heavy atom. The maximum Gasteiger partial charge on any atom is 0.225 e. The van der Waals surface area contributed by atoms with Crippen LogP contribution in [0.25, 0.3) is 0 Å². The number of aromatic nitrogens is 2. The third-order valence-corrected chi connectivity index (χ3v) is 5.52. The topological polar surface area (TPSA) is 95.5 Å².